The maximum absolute atomic E-state index is 5.85. The summed E-state index contributed by atoms with van der Waals surface area (Å²) in [7, 11) is 0. The van der Waals surface area contributed by atoms with Gasteiger partial charge in [0.15, 0.2) is 0 Å². The Morgan fingerprint density at radius 1 is 1.28 bits per heavy atom. The van der Waals surface area contributed by atoms with Crippen LogP contribution >= 0.6 is 11.3 Å². The Bertz CT molecular complexity index is 502. The lowest BCUT2D eigenvalue weighted by Gasteiger charge is -2.11. The highest BCUT2D eigenvalue weighted by Gasteiger charge is 2.04. The Morgan fingerprint density at radius 3 is 2.61 bits per heavy atom. The van der Waals surface area contributed by atoms with Gasteiger partial charge in [0, 0.05) is 18.3 Å². The molecule has 0 saturated carbocycles. The summed E-state index contributed by atoms with van der Waals surface area (Å²) >= 11 is 1.61. The van der Waals surface area contributed by atoms with E-state index in [4.69, 9.17) is 10.5 Å². The smallest absolute Gasteiger partial charge is 0.125 e. The lowest BCUT2D eigenvalue weighted by Crippen LogP contribution is -2.04. The molecule has 0 unspecified atom stereocenters. The zero-order valence-electron chi connectivity index (χ0n) is 10.8. The largest absolute Gasteiger partial charge is 0.493 e. The van der Waals surface area contributed by atoms with E-state index in [-0.39, 0.29) is 0 Å². The van der Waals surface area contributed by atoms with E-state index in [1.807, 2.05) is 6.07 Å². The molecule has 0 radical (unpaired) electrons. The summed E-state index contributed by atoms with van der Waals surface area (Å²) < 4.78 is 5.85. The topological polar surface area (TPSA) is 48.1 Å². The fraction of sp³-hybridized carbons (Fsp3) is 0.357. The number of thiazole rings is 1. The van der Waals surface area contributed by atoms with Crippen molar-refractivity contribution in [2.45, 2.75) is 26.8 Å². The monoisotopic (exact) mass is 262 g/mol. The van der Waals surface area contributed by atoms with Gasteiger partial charge in [0.25, 0.3) is 0 Å². The molecule has 0 fully saturated rings. The molecule has 4 heteroatoms. The van der Waals surface area contributed by atoms with Crippen molar-refractivity contribution in [1.82, 2.24) is 4.98 Å². The Balaban J connectivity index is 1.92. The maximum Gasteiger partial charge on any atom is 0.125 e. The minimum Gasteiger partial charge on any atom is -0.493 e. The normalized spacial score (nSPS) is 10.6. The number of benzene rings is 1. The number of hydrogen-bond donors (Lipinski definition) is 1. The van der Waals surface area contributed by atoms with Crippen LogP contribution in [0.3, 0.4) is 0 Å². The number of ether oxygens (including phenoxy) is 1. The van der Waals surface area contributed by atoms with Gasteiger partial charge in [-0.2, -0.15) is 0 Å². The standard InChI is InChI=1S/C14H18N2OS/c1-10-4-3-5-11(2)14(10)17-7-6-12-9-18-13(8-15)16-12/h3-5,9H,6-8,15H2,1-2H3. The third kappa shape index (κ3) is 3.09. The van der Waals surface area contributed by atoms with Crippen LogP contribution in [0.15, 0.2) is 23.6 Å². The number of rotatable bonds is 5. The van der Waals surface area contributed by atoms with Gasteiger partial charge < -0.3 is 10.5 Å². The van der Waals surface area contributed by atoms with Gasteiger partial charge >= 0.3 is 0 Å². The van der Waals surface area contributed by atoms with Crippen LogP contribution in [0.2, 0.25) is 0 Å². The van der Waals surface area contributed by atoms with E-state index in [2.05, 4.69) is 36.3 Å². The Kier molecular flexibility index (Phi) is 4.33. The summed E-state index contributed by atoms with van der Waals surface area (Å²) in [6, 6.07) is 6.18. The molecule has 3 nitrogen and oxygen atoms in total. The van der Waals surface area contributed by atoms with Crippen LogP contribution in [0.25, 0.3) is 0 Å². The van der Waals surface area contributed by atoms with Crippen molar-refractivity contribution >= 4 is 11.3 Å². The molecule has 0 atom stereocenters. The van der Waals surface area contributed by atoms with E-state index in [0.717, 1.165) is 22.9 Å². The minimum absolute atomic E-state index is 0.516. The number of aromatic nitrogens is 1. The molecule has 0 aliphatic carbocycles. The Morgan fingerprint density at radius 2 is 2.00 bits per heavy atom. The average Bonchev–Trinajstić information content (AvgIpc) is 2.81. The van der Waals surface area contributed by atoms with Crippen LogP contribution in [0, 0.1) is 13.8 Å². The first-order valence-corrected chi connectivity index (χ1v) is 6.91. The molecule has 0 amide bonds. The molecular formula is C14H18N2OS. The van der Waals surface area contributed by atoms with Gasteiger partial charge in [0.05, 0.1) is 12.3 Å². The fourth-order valence-electron chi connectivity index (χ4n) is 1.84. The van der Waals surface area contributed by atoms with Gasteiger partial charge in [-0.05, 0) is 25.0 Å². The highest BCUT2D eigenvalue weighted by Crippen LogP contribution is 2.22. The predicted molar refractivity (Wildman–Crippen MR) is 75.1 cm³/mol. The van der Waals surface area contributed by atoms with Crippen molar-refractivity contribution in [3.8, 4) is 5.75 Å². The molecule has 1 heterocycles. The molecular weight excluding hydrogens is 244 g/mol. The molecule has 96 valence electrons. The number of hydrogen-bond acceptors (Lipinski definition) is 4. The maximum atomic E-state index is 5.85. The van der Waals surface area contributed by atoms with Crippen LogP contribution < -0.4 is 10.5 Å². The third-order valence-electron chi connectivity index (χ3n) is 2.79. The zero-order valence-corrected chi connectivity index (χ0v) is 11.6. The summed E-state index contributed by atoms with van der Waals surface area (Å²) in [5.41, 5.74) is 8.95. The van der Waals surface area contributed by atoms with Crippen LogP contribution in [-0.2, 0) is 13.0 Å². The van der Waals surface area contributed by atoms with Crippen LogP contribution in [-0.4, -0.2) is 11.6 Å². The van der Waals surface area contributed by atoms with Gasteiger partial charge in [-0.15, -0.1) is 11.3 Å². The first-order chi connectivity index (χ1) is 8.70. The molecule has 1 aromatic heterocycles. The van der Waals surface area contributed by atoms with E-state index in [0.29, 0.717) is 13.2 Å². The first kappa shape index (κ1) is 13.1. The summed E-state index contributed by atoms with van der Waals surface area (Å²) in [6.45, 7) is 5.30. The van der Waals surface area contributed by atoms with Crippen LogP contribution in [0.1, 0.15) is 21.8 Å². The highest BCUT2D eigenvalue weighted by atomic mass is 32.1. The number of para-hydroxylation sites is 1. The Labute approximate surface area is 112 Å². The molecule has 2 aromatic rings. The summed E-state index contributed by atoms with van der Waals surface area (Å²) in [5, 5.41) is 3.04. The second kappa shape index (κ2) is 5.98. The van der Waals surface area contributed by atoms with Gasteiger partial charge in [0.2, 0.25) is 0 Å². The molecule has 0 spiro atoms. The second-order valence-corrected chi connectivity index (χ2v) is 5.20. The molecule has 2 rings (SSSR count). The molecule has 0 saturated heterocycles. The number of nitrogens with zero attached hydrogens (tertiary/aromatic N) is 1. The zero-order chi connectivity index (χ0) is 13.0. The van der Waals surface area contributed by atoms with Gasteiger partial charge in [-0.3, -0.25) is 0 Å². The molecule has 1 aromatic carbocycles. The van der Waals surface area contributed by atoms with E-state index < -0.39 is 0 Å². The minimum atomic E-state index is 0.516. The average molecular weight is 262 g/mol. The molecule has 0 bridgehead atoms. The van der Waals surface area contributed by atoms with E-state index in [9.17, 15) is 0 Å². The summed E-state index contributed by atoms with van der Waals surface area (Å²) in [5.74, 6) is 0.992. The van der Waals surface area contributed by atoms with Gasteiger partial charge in [0.1, 0.15) is 10.8 Å². The number of nitrogens with two attached hydrogens (primary N) is 1. The second-order valence-electron chi connectivity index (χ2n) is 4.26. The fourth-order valence-corrected chi connectivity index (χ4v) is 2.55. The quantitative estimate of drug-likeness (QED) is 0.901. The SMILES string of the molecule is Cc1cccc(C)c1OCCc1csc(CN)n1. The van der Waals surface area contributed by atoms with Crippen LogP contribution in [0.4, 0.5) is 0 Å². The van der Waals surface area contributed by atoms with Crippen LogP contribution in [0.5, 0.6) is 5.75 Å². The predicted octanol–water partition coefficient (Wildman–Crippen LogP) is 2.84. The molecule has 0 aliphatic rings. The summed E-state index contributed by atoms with van der Waals surface area (Å²) in [6.07, 6.45) is 0.824. The first-order valence-electron chi connectivity index (χ1n) is 6.03. The van der Waals surface area contributed by atoms with E-state index in [1.165, 1.54) is 11.1 Å². The van der Waals surface area contributed by atoms with Crippen molar-refractivity contribution in [3.63, 3.8) is 0 Å². The van der Waals surface area contributed by atoms with Crippen molar-refractivity contribution < 1.29 is 4.74 Å². The number of aryl methyl sites for hydroxylation is 2. The lowest BCUT2D eigenvalue weighted by atomic mass is 10.1. The van der Waals surface area contributed by atoms with E-state index in [1.54, 1.807) is 11.3 Å². The Hall–Kier alpha value is -1.39. The van der Waals surface area contributed by atoms with Crippen molar-refractivity contribution in [3.05, 3.63) is 45.4 Å². The third-order valence-corrected chi connectivity index (χ3v) is 3.71. The molecule has 18 heavy (non-hydrogen) atoms. The molecule has 0 aliphatic heterocycles. The van der Waals surface area contributed by atoms with E-state index >= 15 is 0 Å². The van der Waals surface area contributed by atoms with Crippen molar-refractivity contribution in [1.29, 1.82) is 0 Å². The highest BCUT2D eigenvalue weighted by molar-refractivity contribution is 7.09. The van der Waals surface area contributed by atoms with Crippen molar-refractivity contribution in [2.24, 2.45) is 5.73 Å². The van der Waals surface area contributed by atoms with Crippen molar-refractivity contribution in [2.75, 3.05) is 6.61 Å². The van der Waals surface area contributed by atoms with Gasteiger partial charge in [-0.1, -0.05) is 18.2 Å². The summed E-state index contributed by atoms with van der Waals surface area (Å²) in [4.78, 5) is 4.42. The lowest BCUT2D eigenvalue weighted by molar-refractivity contribution is 0.316. The molecule has 2 N–H and O–H groups in total. The van der Waals surface area contributed by atoms with Gasteiger partial charge in [-0.25, -0.2) is 4.98 Å².